The molecule has 4 aromatic carbocycles. The number of amides is 3. The van der Waals surface area contributed by atoms with Crippen molar-refractivity contribution in [2.75, 3.05) is 44.7 Å². The van der Waals surface area contributed by atoms with E-state index in [2.05, 4.69) is 17.0 Å². The monoisotopic (exact) mass is 627 g/mol. The number of methoxy groups -OCH3 is 1. The van der Waals surface area contributed by atoms with Gasteiger partial charge in [-0.2, -0.15) is 0 Å². The van der Waals surface area contributed by atoms with E-state index in [1.54, 1.807) is 23.1 Å². The van der Waals surface area contributed by atoms with Gasteiger partial charge in [0, 0.05) is 31.9 Å². The molecule has 0 saturated carbocycles. The Kier molecular flexibility index (Phi) is 8.77. The van der Waals surface area contributed by atoms with E-state index in [9.17, 15) is 14.4 Å². The Morgan fingerprint density at radius 2 is 1.64 bits per heavy atom. The first-order chi connectivity index (χ1) is 21.4. The van der Waals surface area contributed by atoms with Gasteiger partial charge in [-0.15, -0.1) is 0 Å². The summed E-state index contributed by atoms with van der Waals surface area (Å²) in [5, 5.41) is 2.08. The largest absolute Gasteiger partial charge is 0.493 e. The van der Waals surface area contributed by atoms with Crippen molar-refractivity contribution in [2.45, 2.75) is 6.61 Å². The molecule has 6 rings (SSSR count). The number of fused-ring (bicyclic) bond motifs is 1. The summed E-state index contributed by atoms with van der Waals surface area (Å²) in [6.45, 7) is 2.40. The second-order valence-electron chi connectivity index (χ2n) is 10.5. The molecule has 0 unspecified atom stereocenters. The number of halogens is 1. The molecular weight excluding hydrogens is 598 g/mol. The summed E-state index contributed by atoms with van der Waals surface area (Å²) in [5.41, 5.74) is 2.66. The Morgan fingerprint density at radius 1 is 0.909 bits per heavy atom. The predicted molar refractivity (Wildman–Crippen MR) is 174 cm³/mol. The lowest BCUT2D eigenvalue weighted by Crippen LogP contribution is -2.51. The van der Waals surface area contributed by atoms with Gasteiger partial charge in [-0.3, -0.25) is 19.3 Å². The Morgan fingerprint density at radius 3 is 2.39 bits per heavy atom. The molecule has 0 spiro atoms. The Labute approximate surface area is 264 Å². The summed E-state index contributed by atoms with van der Waals surface area (Å²) in [5.74, 6) is 0.0148. The maximum Gasteiger partial charge on any atom is 0.294 e. The van der Waals surface area contributed by atoms with Crippen LogP contribution in [0.15, 0.2) is 89.8 Å². The maximum atomic E-state index is 13.2. The SMILES string of the molecule is COc1cc(/C=C2/SC(=O)N(CC(=O)N3CCN(c4ccccc4)CC3)C2=O)cc(Cl)c1OCc1ccc2ccccc2c1. The van der Waals surface area contributed by atoms with Crippen molar-refractivity contribution < 1.29 is 23.9 Å². The molecule has 0 aromatic heterocycles. The maximum absolute atomic E-state index is 13.2. The van der Waals surface area contributed by atoms with Crippen LogP contribution in [0.4, 0.5) is 10.5 Å². The Balaban J connectivity index is 1.10. The average molecular weight is 628 g/mol. The molecule has 44 heavy (non-hydrogen) atoms. The van der Waals surface area contributed by atoms with Crippen LogP contribution in [0, 0.1) is 0 Å². The van der Waals surface area contributed by atoms with Crippen LogP contribution in [0.25, 0.3) is 16.8 Å². The molecule has 0 radical (unpaired) electrons. The van der Waals surface area contributed by atoms with Crippen LogP contribution in [-0.4, -0.2) is 66.7 Å². The van der Waals surface area contributed by atoms with Gasteiger partial charge in [0.2, 0.25) is 5.91 Å². The number of hydrogen-bond acceptors (Lipinski definition) is 7. The zero-order chi connectivity index (χ0) is 30.6. The van der Waals surface area contributed by atoms with Gasteiger partial charge in [-0.25, -0.2) is 0 Å². The Bertz CT molecular complexity index is 1750. The van der Waals surface area contributed by atoms with Gasteiger partial charge >= 0.3 is 0 Å². The number of benzene rings is 4. The van der Waals surface area contributed by atoms with E-state index in [0.717, 1.165) is 38.7 Å². The lowest BCUT2D eigenvalue weighted by molar-refractivity contribution is -0.136. The van der Waals surface area contributed by atoms with E-state index in [1.165, 1.54) is 7.11 Å². The third-order valence-corrected chi connectivity index (χ3v) is 8.86. The van der Waals surface area contributed by atoms with Crippen molar-refractivity contribution in [1.29, 1.82) is 0 Å². The lowest BCUT2D eigenvalue weighted by atomic mass is 10.1. The molecule has 0 aliphatic carbocycles. The molecule has 3 amide bonds. The van der Waals surface area contributed by atoms with E-state index in [1.807, 2.05) is 60.7 Å². The van der Waals surface area contributed by atoms with Gasteiger partial charge in [-0.05, 0) is 70.1 Å². The van der Waals surface area contributed by atoms with Crippen LogP contribution in [0.1, 0.15) is 11.1 Å². The standard InChI is InChI=1S/C34H30ClN3O5S/c1-42-29-19-24(18-28(35)32(29)43-22-23-11-12-25-7-5-6-8-26(25)17-23)20-30-33(40)38(34(41)44-30)21-31(39)37-15-13-36(14-16-37)27-9-3-2-4-10-27/h2-12,17-20H,13-16,21-22H2,1H3/b30-20+. The molecule has 0 atom stereocenters. The highest BCUT2D eigenvalue weighted by atomic mass is 35.5. The van der Waals surface area contributed by atoms with Crippen LogP contribution in [0.3, 0.4) is 0 Å². The molecule has 224 valence electrons. The second-order valence-corrected chi connectivity index (χ2v) is 11.9. The summed E-state index contributed by atoms with van der Waals surface area (Å²) in [7, 11) is 1.51. The van der Waals surface area contributed by atoms with Crippen LogP contribution < -0.4 is 14.4 Å². The van der Waals surface area contributed by atoms with Gasteiger partial charge in [0.05, 0.1) is 17.0 Å². The van der Waals surface area contributed by atoms with E-state index >= 15 is 0 Å². The van der Waals surface area contributed by atoms with Crippen molar-refractivity contribution in [3.8, 4) is 11.5 Å². The number of imide groups is 1. The molecule has 2 fully saturated rings. The van der Waals surface area contributed by atoms with Crippen LogP contribution >= 0.6 is 23.4 Å². The van der Waals surface area contributed by atoms with Crippen molar-refractivity contribution in [3.63, 3.8) is 0 Å². The van der Waals surface area contributed by atoms with Crippen molar-refractivity contribution >= 4 is 63.0 Å². The van der Waals surface area contributed by atoms with Gasteiger partial charge in [0.25, 0.3) is 11.1 Å². The number of carbonyl (C=O) groups excluding carboxylic acids is 3. The molecule has 10 heteroatoms. The highest BCUT2D eigenvalue weighted by molar-refractivity contribution is 8.18. The third-order valence-electron chi connectivity index (χ3n) is 7.67. The molecule has 2 heterocycles. The van der Waals surface area contributed by atoms with E-state index in [4.69, 9.17) is 21.1 Å². The number of anilines is 1. The minimum atomic E-state index is -0.511. The number of para-hydroxylation sites is 1. The van der Waals surface area contributed by atoms with Crippen LogP contribution in [0.2, 0.25) is 5.02 Å². The minimum Gasteiger partial charge on any atom is -0.493 e. The summed E-state index contributed by atoms with van der Waals surface area (Å²) in [6, 6.07) is 27.6. The quantitative estimate of drug-likeness (QED) is 0.207. The summed E-state index contributed by atoms with van der Waals surface area (Å²) in [4.78, 5) is 44.1. The smallest absolute Gasteiger partial charge is 0.294 e. The summed E-state index contributed by atoms with van der Waals surface area (Å²) < 4.78 is 11.6. The van der Waals surface area contributed by atoms with Gasteiger partial charge in [0.15, 0.2) is 11.5 Å². The van der Waals surface area contributed by atoms with Crippen molar-refractivity contribution in [1.82, 2.24) is 9.80 Å². The number of piperazine rings is 1. The fourth-order valence-electron chi connectivity index (χ4n) is 5.32. The highest BCUT2D eigenvalue weighted by Crippen LogP contribution is 2.39. The van der Waals surface area contributed by atoms with Crippen LogP contribution in [0.5, 0.6) is 11.5 Å². The topological polar surface area (TPSA) is 79.4 Å². The molecule has 0 N–H and O–H groups in total. The lowest BCUT2D eigenvalue weighted by Gasteiger charge is -2.36. The summed E-state index contributed by atoms with van der Waals surface area (Å²) >= 11 is 7.40. The van der Waals surface area contributed by atoms with E-state index < -0.39 is 11.1 Å². The van der Waals surface area contributed by atoms with Gasteiger partial charge < -0.3 is 19.3 Å². The molecule has 4 aromatic rings. The number of hydrogen-bond donors (Lipinski definition) is 0. The van der Waals surface area contributed by atoms with Crippen LogP contribution in [-0.2, 0) is 16.2 Å². The zero-order valence-corrected chi connectivity index (χ0v) is 25.6. The molecule has 8 nitrogen and oxygen atoms in total. The fraction of sp³-hybridized carbons (Fsp3) is 0.206. The normalized spacial score (nSPS) is 16.2. The first-order valence-corrected chi connectivity index (χ1v) is 15.4. The number of rotatable bonds is 8. The number of carbonyl (C=O) groups is 3. The first kappa shape index (κ1) is 29.6. The molecule has 2 saturated heterocycles. The summed E-state index contributed by atoms with van der Waals surface area (Å²) in [6.07, 6.45) is 1.58. The molecule has 0 bridgehead atoms. The second kappa shape index (κ2) is 13.0. The number of ether oxygens (including phenoxy) is 2. The Hall–Kier alpha value is -4.47. The van der Waals surface area contributed by atoms with Crippen molar-refractivity contribution in [2.24, 2.45) is 0 Å². The van der Waals surface area contributed by atoms with E-state index in [0.29, 0.717) is 48.3 Å². The zero-order valence-electron chi connectivity index (χ0n) is 24.1. The molecule has 2 aliphatic heterocycles. The molecular formula is C34H30ClN3O5S. The minimum absolute atomic E-state index is 0.208. The predicted octanol–water partition coefficient (Wildman–Crippen LogP) is 6.47. The van der Waals surface area contributed by atoms with Gasteiger partial charge in [0.1, 0.15) is 13.2 Å². The third kappa shape index (κ3) is 6.39. The average Bonchev–Trinajstić information content (AvgIpc) is 3.31. The highest BCUT2D eigenvalue weighted by Gasteiger charge is 2.37. The fourth-order valence-corrected chi connectivity index (χ4v) is 6.44. The van der Waals surface area contributed by atoms with Gasteiger partial charge in [-0.1, -0.05) is 66.2 Å². The number of thioether (sulfide) groups is 1. The molecule has 2 aliphatic rings. The number of nitrogens with zero attached hydrogens (tertiary/aromatic N) is 3. The van der Waals surface area contributed by atoms with Crippen molar-refractivity contribution in [3.05, 3.63) is 106 Å². The first-order valence-electron chi connectivity index (χ1n) is 14.2. The van der Waals surface area contributed by atoms with E-state index in [-0.39, 0.29) is 24.0 Å².